The molecule has 0 saturated carbocycles. The third-order valence-corrected chi connectivity index (χ3v) is 3.34. The molecule has 1 aliphatic rings. The Hall–Kier alpha value is -1.74. The maximum absolute atomic E-state index is 10.7. The molecule has 21 heavy (non-hydrogen) atoms. The van der Waals surface area contributed by atoms with Gasteiger partial charge in [-0.05, 0) is 18.6 Å². The molecule has 8 heteroatoms. The highest BCUT2D eigenvalue weighted by Crippen LogP contribution is 2.28. The first kappa shape index (κ1) is 15.6. The van der Waals surface area contributed by atoms with E-state index in [1.807, 2.05) is 0 Å². The van der Waals surface area contributed by atoms with E-state index >= 15 is 0 Å². The minimum absolute atomic E-state index is 0.0358. The summed E-state index contributed by atoms with van der Waals surface area (Å²) < 4.78 is 10.9. The third-order valence-electron chi connectivity index (χ3n) is 3.34. The van der Waals surface area contributed by atoms with Crippen molar-refractivity contribution in [1.29, 1.82) is 0 Å². The standard InChI is InChI=1S/C13H17NO7/c1-7-4-8(14(18)19)2-3-10(7)20-12-5-9(16)13(17)11(6-15)21-12/h2-4,9,11-13,15-17H,5-6H2,1H3. The Morgan fingerprint density at radius 1 is 1.48 bits per heavy atom. The summed E-state index contributed by atoms with van der Waals surface area (Å²) in [6, 6.07) is 4.12. The number of ether oxygens (including phenoxy) is 2. The zero-order valence-electron chi connectivity index (χ0n) is 11.4. The molecule has 1 saturated heterocycles. The fourth-order valence-corrected chi connectivity index (χ4v) is 2.16. The Labute approximate surface area is 120 Å². The highest BCUT2D eigenvalue weighted by molar-refractivity contribution is 5.43. The van der Waals surface area contributed by atoms with Crippen molar-refractivity contribution in [3.63, 3.8) is 0 Å². The molecule has 1 aromatic rings. The number of aliphatic hydroxyl groups is 3. The highest BCUT2D eigenvalue weighted by atomic mass is 16.7. The molecule has 0 radical (unpaired) electrons. The summed E-state index contributed by atoms with van der Waals surface area (Å²) in [6.45, 7) is 1.21. The van der Waals surface area contributed by atoms with Crippen LogP contribution in [0.2, 0.25) is 0 Å². The molecule has 1 fully saturated rings. The van der Waals surface area contributed by atoms with Gasteiger partial charge in [0, 0.05) is 18.6 Å². The van der Waals surface area contributed by atoms with Crippen molar-refractivity contribution in [2.45, 2.75) is 37.9 Å². The smallest absolute Gasteiger partial charge is 0.269 e. The normalized spacial score (nSPS) is 29.1. The predicted octanol–water partition coefficient (Wildman–Crippen LogP) is 0.111. The van der Waals surface area contributed by atoms with Crippen molar-refractivity contribution >= 4 is 5.69 Å². The molecule has 8 nitrogen and oxygen atoms in total. The van der Waals surface area contributed by atoms with Crippen molar-refractivity contribution in [3.8, 4) is 5.75 Å². The van der Waals surface area contributed by atoms with E-state index in [4.69, 9.17) is 14.6 Å². The number of rotatable bonds is 4. The van der Waals surface area contributed by atoms with Crippen LogP contribution >= 0.6 is 0 Å². The SMILES string of the molecule is Cc1cc([N+](=O)[O-])ccc1OC1CC(O)C(O)C(CO)O1. The monoisotopic (exact) mass is 299 g/mol. The first-order chi connectivity index (χ1) is 9.92. The minimum atomic E-state index is -1.17. The quantitative estimate of drug-likeness (QED) is 0.532. The van der Waals surface area contributed by atoms with E-state index in [1.165, 1.54) is 18.2 Å². The summed E-state index contributed by atoms with van der Waals surface area (Å²) in [6.07, 6.45) is -3.99. The largest absolute Gasteiger partial charge is 0.465 e. The minimum Gasteiger partial charge on any atom is -0.465 e. The topological polar surface area (TPSA) is 122 Å². The second kappa shape index (κ2) is 6.35. The van der Waals surface area contributed by atoms with Gasteiger partial charge in [0.05, 0.1) is 17.6 Å². The van der Waals surface area contributed by atoms with Gasteiger partial charge in [0.1, 0.15) is 18.0 Å². The lowest BCUT2D eigenvalue weighted by molar-refractivity contribution is -0.384. The number of nitro groups is 1. The van der Waals surface area contributed by atoms with Crippen LogP contribution in [0.25, 0.3) is 0 Å². The molecule has 0 aromatic heterocycles. The fraction of sp³-hybridized carbons (Fsp3) is 0.538. The number of benzene rings is 1. The number of hydrogen-bond acceptors (Lipinski definition) is 7. The van der Waals surface area contributed by atoms with Crippen LogP contribution in [-0.2, 0) is 4.74 Å². The van der Waals surface area contributed by atoms with E-state index in [1.54, 1.807) is 6.92 Å². The first-order valence-electron chi connectivity index (χ1n) is 6.46. The van der Waals surface area contributed by atoms with Gasteiger partial charge in [0.25, 0.3) is 5.69 Å². The van der Waals surface area contributed by atoms with Crippen LogP contribution in [-0.4, -0.2) is 51.5 Å². The van der Waals surface area contributed by atoms with Crippen molar-refractivity contribution in [2.75, 3.05) is 6.61 Å². The van der Waals surface area contributed by atoms with Crippen LogP contribution in [0.15, 0.2) is 18.2 Å². The van der Waals surface area contributed by atoms with Crippen LogP contribution in [0.3, 0.4) is 0 Å². The van der Waals surface area contributed by atoms with E-state index < -0.39 is 36.1 Å². The number of nitro benzene ring substituents is 1. The summed E-state index contributed by atoms with van der Waals surface area (Å²) in [5.74, 6) is 0.380. The van der Waals surface area contributed by atoms with Gasteiger partial charge in [-0.1, -0.05) is 0 Å². The number of aryl methyl sites for hydroxylation is 1. The lowest BCUT2D eigenvalue weighted by Crippen LogP contribution is -2.51. The summed E-state index contributed by atoms with van der Waals surface area (Å²) in [5.41, 5.74) is 0.502. The zero-order valence-corrected chi connectivity index (χ0v) is 11.4. The van der Waals surface area contributed by atoms with Gasteiger partial charge >= 0.3 is 0 Å². The second-order valence-electron chi connectivity index (χ2n) is 4.91. The molecular formula is C13H17NO7. The van der Waals surface area contributed by atoms with E-state index in [2.05, 4.69) is 0 Å². The molecule has 1 heterocycles. The van der Waals surface area contributed by atoms with Gasteiger partial charge in [0.2, 0.25) is 6.29 Å². The van der Waals surface area contributed by atoms with Crippen LogP contribution < -0.4 is 4.74 Å². The lowest BCUT2D eigenvalue weighted by Gasteiger charge is -2.36. The molecule has 0 spiro atoms. The van der Waals surface area contributed by atoms with E-state index in [-0.39, 0.29) is 12.1 Å². The summed E-state index contributed by atoms with van der Waals surface area (Å²) in [4.78, 5) is 10.2. The predicted molar refractivity (Wildman–Crippen MR) is 70.8 cm³/mol. The Morgan fingerprint density at radius 2 is 2.19 bits per heavy atom. The van der Waals surface area contributed by atoms with Crippen LogP contribution in [0.1, 0.15) is 12.0 Å². The van der Waals surface area contributed by atoms with Crippen molar-refractivity contribution in [1.82, 2.24) is 0 Å². The number of nitrogens with zero attached hydrogens (tertiary/aromatic N) is 1. The van der Waals surface area contributed by atoms with Gasteiger partial charge in [-0.2, -0.15) is 0 Å². The van der Waals surface area contributed by atoms with E-state index in [0.717, 1.165) is 0 Å². The maximum atomic E-state index is 10.7. The molecule has 4 unspecified atom stereocenters. The fourth-order valence-electron chi connectivity index (χ4n) is 2.16. The van der Waals surface area contributed by atoms with E-state index in [0.29, 0.717) is 11.3 Å². The highest BCUT2D eigenvalue weighted by Gasteiger charge is 2.37. The Bertz CT molecular complexity index is 521. The van der Waals surface area contributed by atoms with Gasteiger partial charge < -0.3 is 24.8 Å². The summed E-state index contributed by atoms with van der Waals surface area (Å²) in [5, 5.41) is 39.1. The molecule has 0 bridgehead atoms. The van der Waals surface area contributed by atoms with E-state index in [9.17, 15) is 20.3 Å². The molecule has 1 aliphatic heterocycles. The third kappa shape index (κ3) is 3.48. The van der Waals surface area contributed by atoms with Crippen LogP contribution in [0.4, 0.5) is 5.69 Å². The molecule has 3 N–H and O–H groups in total. The molecule has 1 aromatic carbocycles. The Morgan fingerprint density at radius 3 is 2.76 bits per heavy atom. The number of hydrogen-bond donors (Lipinski definition) is 3. The number of non-ortho nitro benzene ring substituents is 1. The molecular weight excluding hydrogens is 282 g/mol. The van der Waals surface area contributed by atoms with Gasteiger partial charge in [-0.15, -0.1) is 0 Å². The first-order valence-corrected chi connectivity index (χ1v) is 6.46. The van der Waals surface area contributed by atoms with Crippen LogP contribution in [0, 0.1) is 17.0 Å². The summed E-state index contributed by atoms with van der Waals surface area (Å²) in [7, 11) is 0. The van der Waals surface area contributed by atoms with Gasteiger partial charge in [-0.25, -0.2) is 0 Å². The van der Waals surface area contributed by atoms with Crippen LogP contribution in [0.5, 0.6) is 5.75 Å². The summed E-state index contributed by atoms with van der Waals surface area (Å²) >= 11 is 0. The Balaban J connectivity index is 2.09. The number of aliphatic hydroxyl groups excluding tert-OH is 3. The average Bonchev–Trinajstić information content (AvgIpc) is 2.44. The van der Waals surface area contributed by atoms with Crippen molar-refractivity contribution in [2.24, 2.45) is 0 Å². The molecule has 4 atom stereocenters. The Kier molecular flexibility index (Phi) is 4.73. The van der Waals surface area contributed by atoms with Gasteiger partial charge in [-0.3, -0.25) is 10.1 Å². The second-order valence-corrected chi connectivity index (χ2v) is 4.91. The van der Waals surface area contributed by atoms with Crippen molar-refractivity contribution in [3.05, 3.63) is 33.9 Å². The molecule has 2 rings (SSSR count). The maximum Gasteiger partial charge on any atom is 0.269 e. The zero-order chi connectivity index (χ0) is 15.6. The average molecular weight is 299 g/mol. The molecule has 0 aliphatic carbocycles. The lowest BCUT2D eigenvalue weighted by atomic mass is 10.0. The molecule has 0 amide bonds. The molecule has 116 valence electrons. The van der Waals surface area contributed by atoms with Gasteiger partial charge in [0.15, 0.2) is 0 Å². The van der Waals surface area contributed by atoms with Crippen molar-refractivity contribution < 1.29 is 29.7 Å².